The van der Waals surface area contributed by atoms with E-state index < -0.39 is 0 Å². The average molecular weight is 225 g/mol. The average Bonchev–Trinajstić information content (AvgIpc) is 2.38. The first-order valence-corrected chi connectivity index (χ1v) is 6.74. The van der Waals surface area contributed by atoms with E-state index in [-0.39, 0.29) is 0 Å². The molecular weight excluding hydrogens is 206 g/mol. The summed E-state index contributed by atoms with van der Waals surface area (Å²) in [6, 6.07) is 8.63. The second kappa shape index (κ2) is 3.88. The molecule has 1 nitrogen and oxygen atoms in total. The van der Waals surface area contributed by atoms with Crippen molar-refractivity contribution >= 4 is 0 Å². The second-order valence-corrected chi connectivity index (χ2v) is 5.98. The van der Waals surface area contributed by atoms with Crippen molar-refractivity contribution in [3.05, 3.63) is 34.9 Å². The molecule has 2 bridgehead atoms. The molecule has 1 aromatic carbocycles. The Morgan fingerprint density at radius 3 is 2.76 bits per heavy atom. The minimum Gasteiger partial charge on any atom is -0.192 e. The maximum atomic E-state index is 9.03. The van der Waals surface area contributed by atoms with Gasteiger partial charge in [0.25, 0.3) is 0 Å². The molecule has 0 N–H and O–H groups in total. The van der Waals surface area contributed by atoms with E-state index in [0.29, 0.717) is 5.92 Å². The van der Waals surface area contributed by atoms with Crippen LogP contribution in [0.5, 0.6) is 0 Å². The van der Waals surface area contributed by atoms with Gasteiger partial charge >= 0.3 is 0 Å². The van der Waals surface area contributed by atoms with Crippen LogP contribution >= 0.6 is 0 Å². The van der Waals surface area contributed by atoms with E-state index in [1.54, 1.807) is 0 Å². The summed E-state index contributed by atoms with van der Waals surface area (Å²) in [7, 11) is 0. The van der Waals surface area contributed by atoms with Crippen LogP contribution in [0.3, 0.4) is 0 Å². The molecule has 3 unspecified atom stereocenters. The van der Waals surface area contributed by atoms with Crippen molar-refractivity contribution in [1.82, 2.24) is 0 Å². The zero-order valence-corrected chi connectivity index (χ0v) is 10.6. The Bertz CT molecular complexity index is 481. The third kappa shape index (κ3) is 1.59. The van der Waals surface area contributed by atoms with Gasteiger partial charge in [0.1, 0.15) is 0 Å². The van der Waals surface area contributed by atoms with Crippen LogP contribution in [0.25, 0.3) is 0 Å². The number of hydrogen-bond acceptors (Lipinski definition) is 1. The summed E-state index contributed by atoms with van der Waals surface area (Å²) in [5, 5.41) is 9.03. The van der Waals surface area contributed by atoms with E-state index in [9.17, 15) is 0 Å². The van der Waals surface area contributed by atoms with Gasteiger partial charge in [-0.05, 0) is 66.2 Å². The number of nitriles is 1. The Hall–Kier alpha value is -1.29. The van der Waals surface area contributed by atoms with Crippen LogP contribution in [0.15, 0.2) is 18.2 Å². The summed E-state index contributed by atoms with van der Waals surface area (Å²) in [6.07, 6.45) is 4.05. The summed E-state index contributed by atoms with van der Waals surface area (Å²) >= 11 is 0. The number of nitrogens with zero attached hydrogens (tertiary/aromatic N) is 1. The molecule has 1 aromatic rings. The molecular formula is C16H19N. The Morgan fingerprint density at radius 1 is 1.24 bits per heavy atom. The van der Waals surface area contributed by atoms with Crippen molar-refractivity contribution in [2.45, 2.75) is 44.9 Å². The number of rotatable bonds is 1. The summed E-state index contributed by atoms with van der Waals surface area (Å²) in [5.41, 5.74) is 3.86. The van der Waals surface area contributed by atoms with Gasteiger partial charge in [-0.25, -0.2) is 0 Å². The van der Waals surface area contributed by atoms with Crippen LogP contribution in [-0.2, 0) is 0 Å². The van der Waals surface area contributed by atoms with Gasteiger partial charge in [-0.3, -0.25) is 0 Å². The lowest BCUT2D eigenvalue weighted by atomic mass is 9.59. The molecule has 0 aromatic heterocycles. The Kier molecular flexibility index (Phi) is 2.47. The van der Waals surface area contributed by atoms with Crippen LogP contribution in [0.2, 0.25) is 0 Å². The zero-order chi connectivity index (χ0) is 12.0. The van der Waals surface area contributed by atoms with Crippen molar-refractivity contribution in [2.24, 2.45) is 11.8 Å². The summed E-state index contributed by atoms with van der Waals surface area (Å²) < 4.78 is 0. The van der Waals surface area contributed by atoms with E-state index in [4.69, 9.17) is 5.26 Å². The van der Waals surface area contributed by atoms with Gasteiger partial charge in [0.2, 0.25) is 0 Å². The van der Waals surface area contributed by atoms with Crippen molar-refractivity contribution in [1.29, 1.82) is 5.26 Å². The normalized spacial score (nSPS) is 30.1. The summed E-state index contributed by atoms with van der Waals surface area (Å²) in [5.74, 6) is 3.07. The fraction of sp³-hybridized carbons (Fsp3) is 0.562. The number of hydrogen-bond donors (Lipinski definition) is 0. The van der Waals surface area contributed by atoms with Gasteiger partial charge < -0.3 is 0 Å². The first kappa shape index (κ1) is 10.8. The topological polar surface area (TPSA) is 23.8 Å². The van der Waals surface area contributed by atoms with Gasteiger partial charge in [-0.15, -0.1) is 0 Å². The molecule has 4 rings (SSSR count). The molecule has 0 amide bonds. The molecule has 3 aliphatic rings. The van der Waals surface area contributed by atoms with E-state index in [1.165, 1.54) is 30.4 Å². The van der Waals surface area contributed by atoms with E-state index in [0.717, 1.165) is 23.3 Å². The Balaban J connectivity index is 2.08. The molecule has 3 aliphatic carbocycles. The highest BCUT2D eigenvalue weighted by molar-refractivity contribution is 5.45. The minimum atomic E-state index is 0.711. The van der Waals surface area contributed by atoms with Crippen molar-refractivity contribution in [2.75, 3.05) is 0 Å². The van der Waals surface area contributed by atoms with Crippen LogP contribution in [0, 0.1) is 23.2 Å². The maximum Gasteiger partial charge on any atom is 0.0991 e. The quantitative estimate of drug-likeness (QED) is 0.703. The van der Waals surface area contributed by atoms with E-state index >= 15 is 0 Å². The third-order valence-electron chi connectivity index (χ3n) is 4.81. The largest absolute Gasteiger partial charge is 0.192 e. The predicted octanol–water partition coefficient (Wildman–Crippen LogP) is 4.20. The van der Waals surface area contributed by atoms with Gasteiger partial charge in [0.05, 0.1) is 11.6 Å². The number of benzene rings is 1. The van der Waals surface area contributed by atoms with Gasteiger partial charge in [0.15, 0.2) is 0 Å². The third-order valence-corrected chi connectivity index (χ3v) is 4.81. The molecule has 3 atom stereocenters. The first-order valence-electron chi connectivity index (χ1n) is 6.74. The monoisotopic (exact) mass is 225 g/mol. The van der Waals surface area contributed by atoms with E-state index in [1.807, 2.05) is 6.07 Å². The fourth-order valence-corrected chi connectivity index (χ4v) is 3.95. The van der Waals surface area contributed by atoms with E-state index in [2.05, 4.69) is 32.0 Å². The molecule has 88 valence electrons. The lowest BCUT2D eigenvalue weighted by Gasteiger charge is -2.46. The number of fused-ring (bicyclic) bond motifs is 2. The molecule has 0 aliphatic heterocycles. The second-order valence-electron chi connectivity index (χ2n) is 5.98. The van der Waals surface area contributed by atoms with Gasteiger partial charge in [0, 0.05) is 0 Å². The Morgan fingerprint density at radius 2 is 2.06 bits per heavy atom. The van der Waals surface area contributed by atoms with Crippen molar-refractivity contribution in [3.8, 4) is 6.07 Å². The van der Waals surface area contributed by atoms with Crippen LogP contribution in [0.1, 0.15) is 61.6 Å². The molecule has 0 heterocycles. The van der Waals surface area contributed by atoms with Crippen LogP contribution in [0.4, 0.5) is 0 Å². The summed E-state index contributed by atoms with van der Waals surface area (Å²) in [4.78, 5) is 0. The first-order chi connectivity index (χ1) is 8.20. The molecule has 0 spiro atoms. The van der Waals surface area contributed by atoms with Gasteiger partial charge in [-0.2, -0.15) is 5.26 Å². The van der Waals surface area contributed by atoms with Gasteiger partial charge in [-0.1, -0.05) is 19.9 Å². The lowest BCUT2D eigenvalue weighted by Crippen LogP contribution is -2.32. The Labute approximate surface area is 103 Å². The fourth-order valence-electron chi connectivity index (χ4n) is 3.95. The highest BCUT2D eigenvalue weighted by atomic mass is 14.4. The maximum absolute atomic E-state index is 9.03. The standard InChI is InChI=1S/C16H19N/c1-10(2)15-8-12-4-6-14(15)16-7-11(9-17)3-5-13(12)16/h3,5,7,10,12,14-15H,4,6,8H2,1-2H3. The van der Waals surface area contributed by atoms with Crippen LogP contribution in [-0.4, -0.2) is 0 Å². The lowest BCUT2D eigenvalue weighted by molar-refractivity contribution is 0.194. The molecule has 17 heavy (non-hydrogen) atoms. The zero-order valence-electron chi connectivity index (χ0n) is 10.6. The molecule has 1 fully saturated rings. The SMILES string of the molecule is CC(C)C1CC2CCC1c1cc(C#N)ccc12. The highest BCUT2D eigenvalue weighted by Crippen LogP contribution is 2.54. The molecule has 0 saturated heterocycles. The van der Waals surface area contributed by atoms with Crippen LogP contribution < -0.4 is 0 Å². The highest BCUT2D eigenvalue weighted by Gasteiger charge is 2.40. The predicted molar refractivity (Wildman–Crippen MR) is 68.8 cm³/mol. The molecule has 1 heteroatoms. The summed E-state index contributed by atoms with van der Waals surface area (Å²) in [6.45, 7) is 4.69. The smallest absolute Gasteiger partial charge is 0.0991 e. The van der Waals surface area contributed by atoms with Crippen molar-refractivity contribution in [3.63, 3.8) is 0 Å². The van der Waals surface area contributed by atoms with Crippen molar-refractivity contribution < 1.29 is 0 Å². The molecule has 0 radical (unpaired) electrons. The minimum absolute atomic E-state index is 0.711. The molecule has 1 saturated carbocycles.